The number of aryl methyl sites for hydroxylation is 2. The standard InChI is InChI=1S/C16H19N3O3S/c1-11-6-7-23-15(11)9-18(3)10-16(20)17-14-5-4-13(19(21)22)8-12(14)2/h4-8H,9-10H2,1-3H3,(H,17,20). The van der Waals surface area contributed by atoms with Gasteiger partial charge in [-0.1, -0.05) is 0 Å². The molecule has 0 unspecified atom stereocenters. The first kappa shape index (κ1) is 17.1. The maximum absolute atomic E-state index is 12.1. The zero-order chi connectivity index (χ0) is 17.0. The second kappa shape index (κ2) is 7.34. The van der Waals surface area contributed by atoms with E-state index in [0.29, 0.717) is 11.3 Å². The number of nitro benzene ring substituents is 1. The monoisotopic (exact) mass is 333 g/mol. The van der Waals surface area contributed by atoms with Gasteiger partial charge in [0.05, 0.1) is 11.5 Å². The lowest BCUT2D eigenvalue weighted by molar-refractivity contribution is -0.384. The van der Waals surface area contributed by atoms with Crippen LogP contribution in [0.15, 0.2) is 29.6 Å². The van der Waals surface area contributed by atoms with E-state index in [2.05, 4.69) is 18.3 Å². The number of hydrogen-bond acceptors (Lipinski definition) is 5. The zero-order valence-electron chi connectivity index (χ0n) is 13.3. The smallest absolute Gasteiger partial charge is 0.269 e. The van der Waals surface area contributed by atoms with Crippen LogP contribution in [0.3, 0.4) is 0 Å². The van der Waals surface area contributed by atoms with E-state index in [1.54, 1.807) is 24.3 Å². The molecule has 0 aliphatic heterocycles. The van der Waals surface area contributed by atoms with Crippen molar-refractivity contribution in [2.75, 3.05) is 18.9 Å². The second-order valence-electron chi connectivity index (χ2n) is 5.50. The Morgan fingerprint density at radius 2 is 2.04 bits per heavy atom. The average Bonchev–Trinajstić information content (AvgIpc) is 2.86. The average molecular weight is 333 g/mol. The van der Waals surface area contributed by atoms with Crippen molar-refractivity contribution in [3.8, 4) is 0 Å². The number of thiophene rings is 1. The number of nitrogens with zero attached hydrogens (tertiary/aromatic N) is 2. The van der Waals surface area contributed by atoms with E-state index in [1.165, 1.54) is 22.6 Å². The molecule has 0 bridgehead atoms. The third-order valence-corrected chi connectivity index (χ3v) is 4.50. The van der Waals surface area contributed by atoms with Crippen LogP contribution in [0.4, 0.5) is 11.4 Å². The van der Waals surface area contributed by atoms with Crippen molar-refractivity contribution in [2.24, 2.45) is 0 Å². The summed E-state index contributed by atoms with van der Waals surface area (Å²) in [7, 11) is 1.89. The van der Waals surface area contributed by atoms with Crippen LogP contribution in [-0.4, -0.2) is 29.3 Å². The summed E-state index contributed by atoms with van der Waals surface area (Å²) >= 11 is 1.68. The van der Waals surface area contributed by atoms with Gasteiger partial charge in [0.2, 0.25) is 5.91 Å². The van der Waals surface area contributed by atoms with Crippen molar-refractivity contribution < 1.29 is 9.72 Å². The molecule has 122 valence electrons. The molecule has 1 aromatic heterocycles. The molecule has 0 spiro atoms. The Bertz CT molecular complexity index is 727. The zero-order valence-corrected chi connectivity index (χ0v) is 14.1. The highest BCUT2D eigenvalue weighted by molar-refractivity contribution is 7.10. The van der Waals surface area contributed by atoms with E-state index in [1.807, 2.05) is 17.3 Å². The first-order valence-corrected chi connectivity index (χ1v) is 8.01. The summed E-state index contributed by atoms with van der Waals surface area (Å²) in [5.74, 6) is -0.140. The number of carbonyl (C=O) groups is 1. The number of rotatable bonds is 6. The molecule has 23 heavy (non-hydrogen) atoms. The molecule has 7 heteroatoms. The number of carbonyl (C=O) groups excluding carboxylic acids is 1. The van der Waals surface area contributed by atoms with Gasteiger partial charge in [0.1, 0.15) is 0 Å². The van der Waals surface area contributed by atoms with Gasteiger partial charge in [0.25, 0.3) is 5.69 Å². The number of nitrogens with one attached hydrogen (secondary N) is 1. The number of nitro groups is 1. The lowest BCUT2D eigenvalue weighted by atomic mass is 10.2. The van der Waals surface area contributed by atoms with E-state index >= 15 is 0 Å². The van der Waals surface area contributed by atoms with Crippen LogP contribution >= 0.6 is 11.3 Å². The molecule has 1 N–H and O–H groups in total. The highest BCUT2D eigenvalue weighted by Crippen LogP contribution is 2.21. The van der Waals surface area contributed by atoms with Crippen LogP contribution in [0.5, 0.6) is 0 Å². The minimum atomic E-state index is -0.449. The van der Waals surface area contributed by atoms with Crippen molar-refractivity contribution in [3.63, 3.8) is 0 Å². The van der Waals surface area contributed by atoms with Crippen LogP contribution < -0.4 is 5.32 Å². The summed E-state index contributed by atoms with van der Waals surface area (Å²) in [5, 5.41) is 15.6. The molecule has 1 aromatic carbocycles. The predicted octanol–water partition coefficient (Wildman–Crippen LogP) is 3.34. The van der Waals surface area contributed by atoms with E-state index in [4.69, 9.17) is 0 Å². The van der Waals surface area contributed by atoms with Gasteiger partial charge in [0.15, 0.2) is 0 Å². The molecule has 0 aliphatic rings. The van der Waals surface area contributed by atoms with Crippen molar-refractivity contribution in [1.29, 1.82) is 0 Å². The van der Waals surface area contributed by atoms with Gasteiger partial charge < -0.3 is 5.32 Å². The molecule has 0 radical (unpaired) electrons. The molecule has 2 aromatic rings. The predicted molar refractivity (Wildman–Crippen MR) is 91.9 cm³/mol. The second-order valence-corrected chi connectivity index (χ2v) is 6.50. The molecule has 0 saturated heterocycles. The maximum atomic E-state index is 12.1. The normalized spacial score (nSPS) is 10.8. The van der Waals surface area contributed by atoms with Crippen molar-refractivity contribution in [2.45, 2.75) is 20.4 Å². The number of anilines is 1. The molecule has 6 nitrogen and oxygen atoms in total. The van der Waals surface area contributed by atoms with Gasteiger partial charge in [-0.3, -0.25) is 19.8 Å². The van der Waals surface area contributed by atoms with Crippen molar-refractivity contribution in [3.05, 3.63) is 55.8 Å². The summed E-state index contributed by atoms with van der Waals surface area (Å²) in [5.41, 5.74) is 2.52. The number of benzene rings is 1. The van der Waals surface area contributed by atoms with Crippen LogP contribution in [0.1, 0.15) is 16.0 Å². The molecular weight excluding hydrogens is 314 g/mol. The fraction of sp³-hybridized carbons (Fsp3) is 0.312. The summed E-state index contributed by atoms with van der Waals surface area (Å²) < 4.78 is 0. The van der Waals surface area contributed by atoms with Gasteiger partial charge in [-0.15, -0.1) is 11.3 Å². The van der Waals surface area contributed by atoms with Crippen LogP contribution in [0.25, 0.3) is 0 Å². The van der Waals surface area contributed by atoms with E-state index < -0.39 is 4.92 Å². The third kappa shape index (κ3) is 4.61. The lowest BCUT2D eigenvalue weighted by Crippen LogP contribution is -2.30. The minimum Gasteiger partial charge on any atom is -0.325 e. The third-order valence-electron chi connectivity index (χ3n) is 3.49. The van der Waals surface area contributed by atoms with Crippen LogP contribution in [-0.2, 0) is 11.3 Å². The lowest BCUT2D eigenvalue weighted by Gasteiger charge is -2.16. The summed E-state index contributed by atoms with van der Waals surface area (Å²) in [6.07, 6.45) is 0. The van der Waals surface area contributed by atoms with Gasteiger partial charge in [-0.05, 0) is 49.5 Å². The Balaban J connectivity index is 1.94. The Hall–Kier alpha value is -2.25. The first-order chi connectivity index (χ1) is 10.9. The van der Waals surface area contributed by atoms with E-state index in [0.717, 1.165) is 6.54 Å². The molecule has 2 rings (SSSR count). The van der Waals surface area contributed by atoms with Gasteiger partial charge in [-0.2, -0.15) is 0 Å². The van der Waals surface area contributed by atoms with Crippen LogP contribution in [0, 0.1) is 24.0 Å². The quantitative estimate of drug-likeness (QED) is 0.650. The molecule has 0 aliphatic carbocycles. The summed E-state index contributed by atoms with van der Waals surface area (Å²) in [6.45, 7) is 4.77. The number of hydrogen-bond donors (Lipinski definition) is 1. The molecule has 1 amide bonds. The molecule has 0 saturated carbocycles. The fourth-order valence-electron chi connectivity index (χ4n) is 2.20. The largest absolute Gasteiger partial charge is 0.325 e. The Labute approximate surface area is 138 Å². The molecular formula is C16H19N3O3S. The maximum Gasteiger partial charge on any atom is 0.269 e. The molecule has 0 atom stereocenters. The van der Waals surface area contributed by atoms with E-state index in [9.17, 15) is 14.9 Å². The molecule has 1 heterocycles. The van der Waals surface area contributed by atoms with Gasteiger partial charge >= 0.3 is 0 Å². The van der Waals surface area contributed by atoms with Gasteiger partial charge in [-0.25, -0.2) is 0 Å². The van der Waals surface area contributed by atoms with E-state index in [-0.39, 0.29) is 18.1 Å². The Morgan fingerprint density at radius 3 is 2.61 bits per heavy atom. The summed E-state index contributed by atoms with van der Waals surface area (Å²) in [6, 6.07) is 6.47. The number of non-ortho nitro benzene ring substituents is 1. The van der Waals surface area contributed by atoms with Crippen molar-refractivity contribution >= 4 is 28.6 Å². The SMILES string of the molecule is Cc1cc([N+](=O)[O-])ccc1NC(=O)CN(C)Cc1sccc1C. The number of likely N-dealkylation sites (N-methyl/N-ethyl adjacent to an activating group) is 1. The first-order valence-electron chi connectivity index (χ1n) is 7.13. The summed E-state index contributed by atoms with van der Waals surface area (Å²) in [4.78, 5) is 25.6. The molecule has 0 fully saturated rings. The highest BCUT2D eigenvalue weighted by atomic mass is 32.1. The Kier molecular flexibility index (Phi) is 5.46. The Morgan fingerprint density at radius 1 is 1.30 bits per heavy atom. The fourth-order valence-corrected chi connectivity index (χ4v) is 3.19. The highest BCUT2D eigenvalue weighted by Gasteiger charge is 2.12. The minimum absolute atomic E-state index is 0.0192. The van der Waals surface area contributed by atoms with Crippen molar-refractivity contribution in [1.82, 2.24) is 4.90 Å². The topological polar surface area (TPSA) is 75.5 Å². The van der Waals surface area contributed by atoms with Gasteiger partial charge in [0, 0.05) is 29.2 Å². The number of amides is 1. The van der Waals surface area contributed by atoms with Crippen LogP contribution in [0.2, 0.25) is 0 Å².